The van der Waals surface area contributed by atoms with E-state index < -0.39 is 26.9 Å². The topological polar surface area (TPSA) is 72.5 Å². The van der Waals surface area contributed by atoms with Crippen molar-refractivity contribution in [1.29, 1.82) is 0 Å². The van der Waals surface area contributed by atoms with Crippen LogP contribution in [-0.4, -0.2) is 38.2 Å². The second kappa shape index (κ2) is 5.57. The third kappa shape index (κ3) is 4.22. The summed E-state index contributed by atoms with van der Waals surface area (Å²) in [6.07, 6.45) is 1.31. The molecule has 0 aromatic heterocycles. The van der Waals surface area contributed by atoms with Crippen LogP contribution in [0.25, 0.3) is 0 Å². The van der Waals surface area contributed by atoms with Crippen molar-refractivity contribution < 1.29 is 17.9 Å². The van der Waals surface area contributed by atoms with E-state index in [-0.39, 0.29) is 11.8 Å². The highest BCUT2D eigenvalue weighted by Crippen LogP contribution is 2.49. The number of rotatable bonds is 4. The Hall–Kier alpha value is -1.56. The monoisotopic (exact) mass is 325 g/mol. The van der Waals surface area contributed by atoms with Gasteiger partial charge < -0.3 is 10.1 Å². The highest BCUT2D eigenvalue weighted by molar-refractivity contribution is 7.90. The van der Waals surface area contributed by atoms with Crippen LogP contribution in [0.2, 0.25) is 0 Å². The van der Waals surface area contributed by atoms with Gasteiger partial charge in [-0.1, -0.05) is 30.3 Å². The SMILES string of the molecule is CC(C)(C)OC(=O)N[C@@H]1C[C@@]1(CS(C)(=O)=O)c1ccccc1. The Morgan fingerprint density at radius 2 is 1.91 bits per heavy atom. The smallest absolute Gasteiger partial charge is 0.407 e. The molecule has 0 aliphatic heterocycles. The first-order valence-corrected chi connectivity index (χ1v) is 9.31. The van der Waals surface area contributed by atoms with Gasteiger partial charge in [0.05, 0.1) is 5.75 Å². The van der Waals surface area contributed by atoms with Gasteiger partial charge in [0, 0.05) is 17.7 Å². The average Bonchev–Trinajstić information content (AvgIpc) is 2.99. The normalized spacial score (nSPS) is 24.6. The van der Waals surface area contributed by atoms with Gasteiger partial charge in [-0.3, -0.25) is 0 Å². The minimum Gasteiger partial charge on any atom is -0.444 e. The third-order valence-corrected chi connectivity index (χ3v) is 4.67. The summed E-state index contributed by atoms with van der Waals surface area (Å²) >= 11 is 0. The summed E-state index contributed by atoms with van der Waals surface area (Å²) in [5, 5.41) is 2.80. The Labute approximate surface area is 132 Å². The molecule has 1 aliphatic carbocycles. The molecule has 2 atom stereocenters. The van der Waals surface area contributed by atoms with Crippen molar-refractivity contribution in [2.45, 2.75) is 44.2 Å². The molecule has 6 heteroatoms. The summed E-state index contributed by atoms with van der Waals surface area (Å²) in [6.45, 7) is 5.38. The Balaban J connectivity index is 2.16. The first kappa shape index (κ1) is 16.8. The molecule has 0 radical (unpaired) electrons. The maximum Gasteiger partial charge on any atom is 0.407 e. The maximum absolute atomic E-state index is 11.9. The number of amides is 1. The first-order valence-electron chi connectivity index (χ1n) is 7.25. The molecular formula is C16H23NO4S. The van der Waals surface area contributed by atoms with E-state index in [9.17, 15) is 13.2 Å². The lowest BCUT2D eigenvalue weighted by Gasteiger charge is -2.21. The third-order valence-electron chi connectivity index (χ3n) is 3.63. The van der Waals surface area contributed by atoms with Crippen molar-refractivity contribution in [3.63, 3.8) is 0 Å². The molecule has 1 aromatic carbocycles. The van der Waals surface area contributed by atoms with Crippen molar-refractivity contribution >= 4 is 15.9 Å². The van der Waals surface area contributed by atoms with E-state index in [1.54, 1.807) is 20.8 Å². The van der Waals surface area contributed by atoms with E-state index in [0.717, 1.165) is 5.56 Å². The summed E-state index contributed by atoms with van der Waals surface area (Å²) in [7, 11) is -3.16. The molecule has 1 fully saturated rings. The van der Waals surface area contributed by atoms with Gasteiger partial charge in [-0.15, -0.1) is 0 Å². The van der Waals surface area contributed by atoms with Crippen molar-refractivity contribution in [2.75, 3.05) is 12.0 Å². The van der Waals surface area contributed by atoms with Crippen LogP contribution < -0.4 is 5.32 Å². The largest absolute Gasteiger partial charge is 0.444 e. The van der Waals surface area contributed by atoms with E-state index in [4.69, 9.17) is 4.74 Å². The number of hydrogen-bond donors (Lipinski definition) is 1. The fourth-order valence-corrected chi connectivity index (χ4v) is 4.17. The van der Waals surface area contributed by atoms with Crippen molar-refractivity contribution in [3.8, 4) is 0 Å². The zero-order valence-electron chi connectivity index (χ0n) is 13.4. The molecule has 1 saturated carbocycles. The lowest BCUT2D eigenvalue weighted by molar-refractivity contribution is 0.0520. The summed E-state index contributed by atoms with van der Waals surface area (Å²) in [5.41, 5.74) is -0.196. The molecule has 5 nitrogen and oxygen atoms in total. The molecule has 0 saturated heterocycles. The van der Waals surface area contributed by atoms with Gasteiger partial charge >= 0.3 is 6.09 Å². The van der Waals surface area contributed by atoms with E-state index in [2.05, 4.69) is 5.32 Å². The zero-order valence-corrected chi connectivity index (χ0v) is 14.2. The zero-order chi connectivity index (χ0) is 16.6. The maximum atomic E-state index is 11.9. The summed E-state index contributed by atoms with van der Waals surface area (Å²) < 4.78 is 28.8. The number of alkyl carbamates (subject to hydrolysis) is 1. The van der Waals surface area contributed by atoms with Gasteiger partial charge in [0.2, 0.25) is 0 Å². The summed E-state index contributed by atoms with van der Waals surface area (Å²) in [6, 6.07) is 9.23. The molecule has 1 aromatic rings. The second-order valence-corrected chi connectivity index (χ2v) is 9.14. The summed E-state index contributed by atoms with van der Waals surface area (Å²) in [5.74, 6) is 0.0183. The lowest BCUT2D eigenvalue weighted by atomic mass is 9.97. The van der Waals surface area contributed by atoms with Crippen molar-refractivity contribution in [2.24, 2.45) is 0 Å². The minimum absolute atomic E-state index is 0.0183. The van der Waals surface area contributed by atoms with Crippen LogP contribution >= 0.6 is 0 Å². The van der Waals surface area contributed by atoms with Gasteiger partial charge in [-0.2, -0.15) is 0 Å². The Morgan fingerprint density at radius 1 is 1.32 bits per heavy atom. The van der Waals surface area contributed by atoms with E-state index in [1.165, 1.54) is 6.26 Å². The second-order valence-electron chi connectivity index (χ2n) is 7.00. The molecule has 1 N–H and O–H groups in total. The van der Waals surface area contributed by atoms with Gasteiger partial charge in [-0.25, -0.2) is 13.2 Å². The molecule has 0 heterocycles. The Bertz CT molecular complexity index is 648. The predicted octanol–water partition coefficient (Wildman–Crippen LogP) is 2.27. The number of ether oxygens (including phenoxy) is 1. The van der Waals surface area contributed by atoms with Crippen LogP contribution in [0.3, 0.4) is 0 Å². The average molecular weight is 325 g/mol. The minimum atomic E-state index is -3.16. The van der Waals surface area contributed by atoms with Crippen LogP contribution in [0.15, 0.2) is 30.3 Å². The molecule has 22 heavy (non-hydrogen) atoms. The van der Waals surface area contributed by atoms with Gasteiger partial charge in [0.1, 0.15) is 15.4 Å². The number of nitrogens with one attached hydrogen (secondary N) is 1. The summed E-state index contributed by atoms with van der Waals surface area (Å²) in [4.78, 5) is 11.9. The fourth-order valence-electron chi connectivity index (χ4n) is 2.74. The molecule has 0 spiro atoms. The van der Waals surface area contributed by atoms with E-state index >= 15 is 0 Å². The van der Waals surface area contributed by atoms with Crippen molar-refractivity contribution in [1.82, 2.24) is 5.32 Å². The molecule has 1 aliphatic rings. The highest BCUT2D eigenvalue weighted by Gasteiger charge is 2.58. The van der Waals surface area contributed by atoms with Crippen LogP contribution in [0.4, 0.5) is 4.79 Å². The predicted molar refractivity (Wildman–Crippen MR) is 85.6 cm³/mol. The standard InChI is InChI=1S/C16H23NO4S/c1-15(2,3)21-14(18)17-13-10-16(13,11-22(4,19)20)12-8-6-5-7-9-12/h5-9,13H,10-11H2,1-4H3,(H,17,18)/t13-,16-/m1/s1. The fraction of sp³-hybridized carbons (Fsp3) is 0.562. The van der Waals surface area contributed by atoms with Crippen LogP contribution in [0.1, 0.15) is 32.8 Å². The Morgan fingerprint density at radius 3 is 2.41 bits per heavy atom. The molecule has 1 amide bonds. The molecule has 0 unspecified atom stereocenters. The van der Waals surface area contributed by atoms with Gasteiger partial charge in [-0.05, 0) is 32.8 Å². The number of sulfone groups is 1. The first-order chi connectivity index (χ1) is 10.0. The Kier molecular flexibility index (Phi) is 4.26. The molecule has 0 bridgehead atoms. The van der Waals surface area contributed by atoms with Crippen LogP contribution in [0, 0.1) is 0 Å². The number of carbonyl (C=O) groups excluding carboxylic acids is 1. The highest BCUT2D eigenvalue weighted by atomic mass is 32.2. The van der Waals surface area contributed by atoms with Gasteiger partial charge in [0.25, 0.3) is 0 Å². The molecule has 2 rings (SSSR count). The van der Waals surface area contributed by atoms with Crippen LogP contribution in [0.5, 0.6) is 0 Å². The number of benzene rings is 1. The number of carbonyl (C=O) groups is 1. The van der Waals surface area contributed by atoms with Crippen molar-refractivity contribution in [3.05, 3.63) is 35.9 Å². The lowest BCUT2D eigenvalue weighted by Crippen LogP contribution is -2.38. The van der Waals surface area contributed by atoms with Crippen LogP contribution in [-0.2, 0) is 20.0 Å². The molecule has 122 valence electrons. The molecular weight excluding hydrogens is 302 g/mol. The van der Waals surface area contributed by atoms with E-state index in [0.29, 0.717) is 6.42 Å². The quantitative estimate of drug-likeness (QED) is 0.921. The number of hydrogen-bond acceptors (Lipinski definition) is 4. The van der Waals surface area contributed by atoms with E-state index in [1.807, 2.05) is 30.3 Å². The van der Waals surface area contributed by atoms with Gasteiger partial charge in [0.15, 0.2) is 0 Å².